The van der Waals surface area contributed by atoms with Crippen molar-refractivity contribution in [3.8, 4) is 0 Å². The highest BCUT2D eigenvalue weighted by Crippen LogP contribution is 2.23. The van der Waals surface area contributed by atoms with Crippen LogP contribution in [0.1, 0.15) is 24.5 Å². The van der Waals surface area contributed by atoms with Gasteiger partial charge in [-0.15, -0.1) is 0 Å². The third-order valence-corrected chi connectivity index (χ3v) is 7.09. The molecule has 2 N–H and O–H groups in total. The summed E-state index contributed by atoms with van der Waals surface area (Å²) in [7, 11) is -3.74. The number of nitrogens with one attached hydrogen (secondary N) is 1. The van der Waals surface area contributed by atoms with Crippen LogP contribution in [0.2, 0.25) is 0 Å². The molecule has 0 aliphatic carbocycles. The fourth-order valence-electron chi connectivity index (χ4n) is 2.98. The fraction of sp³-hybridized carbons (Fsp3) is 0.238. The van der Waals surface area contributed by atoms with Crippen LogP contribution < -0.4 is 5.48 Å². The minimum absolute atomic E-state index is 0.0209. The molecule has 3 rings (SSSR count). The molecule has 8 heteroatoms. The number of sulfone groups is 1. The molecule has 0 saturated heterocycles. The van der Waals surface area contributed by atoms with E-state index in [4.69, 9.17) is 5.21 Å². The number of benzene rings is 2. The fourth-order valence-corrected chi connectivity index (χ4v) is 3.83. The number of carbonyl (C=O) groups excluding carboxylic acids is 1. The van der Waals surface area contributed by atoms with Crippen LogP contribution in [0.3, 0.4) is 0 Å². The monoisotopic (exact) mass is 413 g/mol. The summed E-state index contributed by atoms with van der Waals surface area (Å²) in [5.41, 5.74) is 4.34. The van der Waals surface area contributed by atoms with Crippen molar-refractivity contribution in [3.05, 3.63) is 65.9 Å². The van der Waals surface area contributed by atoms with Crippen LogP contribution >= 0.6 is 0 Å². The predicted molar refractivity (Wildman–Crippen MR) is 113 cm³/mol. The van der Waals surface area contributed by atoms with Gasteiger partial charge in [0.15, 0.2) is 14.6 Å². The van der Waals surface area contributed by atoms with Gasteiger partial charge in [0.2, 0.25) is 0 Å². The molecule has 0 bridgehead atoms. The van der Waals surface area contributed by atoms with E-state index in [0.29, 0.717) is 0 Å². The molecular weight excluding hydrogens is 390 g/mol. The smallest absolute Gasteiger partial charge is 0.264 e. The molecule has 152 valence electrons. The largest absolute Gasteiger partial charge is 0.289 e. The molecule has 1 heterocycles. The summed E-state index contributed by atoms with van der Waals surface area (Å²) in [6, 6.07) is 15.8. The van der Waals surface area contributed by atoms with E-state index in [1.165, 1.54) is 12.4 Å². The first-order valence-electron chi connectivity index (χ1n) is 9.07. The topological polar surface area (TPSA) is 101 Å². The van der Waals surface area contributed by atoms with Crippen LogP contribution in [0.25, 0.3) is 23.1 Å². The normalized spacial score (nSPS) is 14.2. The van der Waals surface area contributed by atoms with Crippen LogP contribution in [0.4, 0.5) is 0 Å². The predicted octanol–water partition coefficient (Wildman–Crippen LogP) is 2.91. The Morgan fingerprint density at radius 3 is 2.52 bits per heavy atom. The number of amides is 1. The number of carbonyl (C=O) groups is 1. The number of aryl methyl sites for hydroxylation is 1. The number of hydrogen-bond acceptors (Lipinski definition) is 5. The van der Waals surface area contributed by atoms with Crippen LogP contribution in [0, 0.1) is 0 Å². The molecule has 1 unspecified atom stereocenters. The molecular formula is C21H23N3O4S. The van der Waals surface area contributed by atoms with Gasteiger partial charge in [-0.25, -0.2) is 13.9 Å². The van der Waals surface area contributed by atoms with Crippen molar-refractivity contribution in [1.29, 1.82) is 0 Å². The summed E-state index contributed by atoms with van der Waals surface area (Å²) in [4.78, 5) is 11.9. The Labute approximate surface area is 169 Å². The van der Waals surface area contributed by atoms with E-state index >= 15 is 0 Å². The second kappa shape index (κ2) is 8.18. The van der Waals surface area contributed by atoms with E-state index in [2.05, 4.69) is 5.10 Å². The van der Waals surface area contributed by atoms with Gasteiger partial charge in [0.25, 0.3) is 5.91 Å². The van der Waals surface area contributed by atoms with Crippen molar-refractivity contribution in [3.63, 3.8) is 0 Å². The Morgan fingerprint density at radius 1 is 1.17 bits per heavy atom. The number of fused-ring (bicyclic) bond motifs is 1. The van der Waals surface area contributed by atoms with Gasteiger partial charge in [0.1, 0.15) is 0 Å². The standard InChI is InChI=1S/C21H23N3O4S/c1-21(20(25)23-26,29(2,27)28)12-13-24-15-18-14-17(10-11-19(18)22-24)9-8-16-6-4-3-5-7-16/h3-11,14-15,26H,12-13H2,1-2H3,(H,23,25). The van der Waals surface area contributed by atoms with Gasteiger partial charge < -0.3 is 0 Å². The molecule has 29 heavy (non-hydrogen) atoms. The summed E-state index contributed by atoms with van der Waals surface area (Å²) < 4.78 is 24.0. The third-order valence-electron chi connectivity index (χ3n) is 5.06. The minimum atomic E-state index is -3.74. The zero-order chi connectivity index (χ0) is 21.1. The summed E-state index contributed by atoms with van der Waals surface area (Å²) in [6.07, 6.45) is 6.81. The van der Waals surface area contributed by atoms with Crippen LogP contribution in [-0.4, -0.2) is 40.3 Å². The highest BCUT2D eigenvalue weighted by molar-refractivity contribution is 7.92. The van der Waals surface area contributed by atoms with Crippen molar-refractivity contribution >= 4 is 38.8 Å². The minimum Gasteiger partial charge on any atom is -0.289 e. The van der Waals surface area contributed by atoms with Crippen LogP contribution in [0.5, 0.6) is 0 Å². The van der Waals surface area contributed by atoms with E-state index in [0.717, 1.165) is 28.3 Å². The first-order chi connectivity index (χ1) is 13.7. The van der Waals surface area contributed by atoms with E-state index < -0.39 is 20.5 Å². The Kier molecular flexibility index (Phi) is 5.86. The summed E-state index contributed by atoms with van der Waals surface area (Å²) >= 11 is 0. The number of hydrogen-bond donors (Lipinski definition) is 2. The Morgan fingerprint density at radius 2 is 1.86 bits per heavy atom. The van der Waals surface area contributed by atoms with Gasteiger partial charge in [-0.2, -0.15) is 5.10 Å². The average molecular weight is 413 g/mol. The molecule has 1 amide bonds. The Bertz CT molecular complexity index is 1150. The van der Waals surface area contributed by atoms with Crippen molar-refractivity contribution in [1.82, 2.24) is 15.3 Å². The zero-order valence-corrected chi connectivity index (χ0v) is 17.1. The molecule has 1 atom stereocenters. The molecule has 0 fully saturated rings. The Balaban J connectivity index is 1.79. The first kappa shape index (κ1) is 20.8. The molecule has 0 radical (unpaired) electrons. The van der Waals surface area contributed by atoms with Crippen LogP contribution in [-0.2, 0) is 21.2 Å². The number of hydroxylamine groups is 1. The van der Waals surface area contributed by atoms with E-state index in [1.54, 1.807) is 4.68 Å². The van der Waals surface area contributed by atoms with E-state index in [-0.39, 0.29) is 13.0 Å². The summed E-state index contributed by atoms with van der Waals surface area (Å²) in [5.74, 6) is -0.954. The van der Waals surface area contributed by atoms with Crippen molar-refractivity contribution in [2.75, 3.05) is 6.26 Å². The molecule has 0 spiro atoms. The van der Waals surface area contributed by atoms with Gasteiger partial charge in [-0.1, -0.05) is 48.6 Å². The maximum Gasteiger partial charge on any atom is 0.264 e. The van der Waals surface area contributed by atoms with E-state index in [9.17, 15) is 13.2 Å². The van der Waals surface area contributed by atoms with Gasteiger partial charge in [0, 0.05) is 24.4 Å². The first-order valence-corrected chi connectivity index (χ1v) is 11.0. The van der Waals surface area contributed by atoms with Gasteiger partial charge in [0.05, 0.1) is 5.52 Å². The molecule has 1 aromatic heterocycles. The summed E-state index contributed by atoms with van der Waals surface area (Å²) in [6.45, 7) is 1.50. The second-order valence-corrected chi connectivity index (χ2v) is 9.59. The maximum absolute atomic E-state index is 12.1. The van der Waals surface area contributed by atoms with Crippen molar-refractivity contribution < 1.29 is 18.4 Å². The number of aromatic nitrogens is 2. The highest BCUT2D eigenvalue weighted by Gasteiger charge is 2.43. The van der Waals surface area contributed by atoms with Gasteiger partial charge in [-0.3, -0.25) is 14.7 Å². The van der Waals surface area contributed by atoms with Crippen LogP contribution in [0.15, 0.2) is 54.7 Å². The molecule has 0 aliphatic heterocycles. The number of nitrogens with zero attached hydrogens (tertiary/aromatic N) is 2. The third kappa shape index (κ3) is 4.55. The molecule has 0 aliphatic rings. The second-order valence-electron chi connectivity index (χ2n) is 7.15. The van der Waals surface area contributed by atoms with Gasteiger partial charge >= 0.3 is 0 Å². The zero-order valence-electron chi connectivity index (χ0n) is 16.2. The van der Waals surface area contributed by atoms with Crippen molar-refractivity contribution in [2.24, 2.45) is 0 Å². The SMILES string of the molecule is CC(CCn1cc2cc(C=Cc3ccccc3)ccc2n1)(C(=O)NO)S(C)(=O)=O. The summed E-state index contributed by atoms with van der Waals surface area (Å²) in [5, 5.41) is 14.3. The van der Waals surface area contributed by atoms with Crippen molar-refractivity contribution in [2.45, 2.75) is 24.6 Å². The quantitative estimate of drug-likeness (QED) is 0.352. The molecule has 3 aromatic rings. The number of rotatable bonds is 7. The van der Waals surface area contributed by atoms with E-state index in [1.807, 2.05) is 66.9 Å². The lowest BCUT2D eigenvalue weighted by Crippen LogP contribution is -2.49. The maximum atomic E-state index is 12.1. The lowest BCUT2D eigenvalue weighted by molar-refractivity contribution is -0.131. The molecule has 2 aromatic carbocycles. The lowest BCUT2D eigenvalue weighted by Gasteiger charge is -2.24. The van der Waals surface area contributed by atoms with Gasteiger partial charge in [-0.05, 0) is 36.6 Å². The lowest BCUT2D eigenvalue weighted by atomic mass is 10.1. The molecule has 7 nitrogen and oxygen atoms in total. The molecule has 0 saturated carbocycles. The highest BCUT2D eigenvalue weighted by atomic mass is 32.2. The Hall–Kier alpha value is -2.97. The average Bonchev–Trinajstić information content (AvgIpc) is 3.12.